The Labute approximate surface area is 164 Å². The third kappa shape index (κ3) is 2.72. The molecule has 2 aromatic carbocycles. The molecule has 0 N–H and O–H groups in total. The van der Waals surface area contributed by atoms with Crippen molar-refractivity contribution < 1.29 is 14.0 Å². The molecule has 0 bridgehead atoms. The molecule has 0 atom stereocenters. The van der Waals surface area contributed by atoms with Gasteiger partial charge < -0.3 is 0 Å². The van der Waals surface area contributed by atoms with Crippen LogP contribution in [0, 0.1) is 5.82 Å². The van der Waals surface area contributed by atoms with E-state index in [0.717, 1.165) is 12.8 Å². The predicted octanol–water partition coefficient (Wildman–Crippen LogP) is 3.76. The van der Waals surface area contributed by atoms with Gasteiger partial charge in [-0.2, -0.15) is 0 Å². The highest BCUT2D eigenvalue weighted by atomic mass is 32.2. The van der Waals surface area contributed by atoms with Crippen LogP contribution in [-0.4, -0.2) is 37.4 Å². The molecule has 1 saturated carbocycles. The fourth-order valence-corrected chi connectivity index (χ4v) is 4.29. The van der Waals surface area contributed by atoms with E-state index >= 15 is 0 Å². The molecule has 1 aliphatic carbocycles. The maximum atomic E-state index is 14.2. The summed E-state index contributed by atoms with van der Waals surface area (Å²) in [5.41, 5.74) is 1.24. The number of thioether (sulfide) groups is 1. The molecule has 1 aromatic heterocycles. The summed E-state index contributed by atoms with van der Waals surface area (Å²) >= 11 is 1.26. The van der Waals surface area contributed by atoms with Crippen molar-refractivity contribution in [2.24, 2.45) is 0 Å². The van der Waals surface area contributed by atoms with E-state index in [2.05, 4.69) is 10.2 Å². The Morgan fingerprint density at radius 3 is 2.14 bits per heavy atom. The Kier molecular flexibility index (Phi) is 4.01. The average Bonchev–Trinajstić information content (AvgIpc) is 3.42. The van der Waals surface area contributed by atoms with Crippen LogP contribution in [0.25, 0.3) is 11.4 Å². The first kappa shape index (κ1) is 17.1. The number of amides is 2. The van der Waals surface area contributed by atoms with Crippen LogP contribution in [0.15, 0.2) is 53.7 Å². The van der Waals surface area contributed by atoms with Crippen LogP contribution in [0.3, 0.4) is 0 Å². The van der Waals surface area contributed by atoms with Crippen molar-refractivity contribution in [3.8, 4) is 11.4 Å². The van der Waals surface area contributed by atoms with Crippen LogP contribution in [0.4, 0.5) is 4.39 Å². The molecule has 2 aliphatic rings. The Morgan fingerprint density at radius 1 is 0.929 bits per heavy atom. The normalized spacial score (nSPS) is 16.0. The van der Waals surface area contributed by atoms with E-state index in [4.69, 9.17) is 0 Å². The van der Waals surface area contributed by atoms with E-state index in [1.807, 2.05) is 4.57 Å². The Morgan fingerprint density at radius 2 is 1.54 bits per heavy atom. The zero-order valence-corrected chi connectivity index (χ0v) is 15.5. The first-order valence-electron chi connectivity index (χ1n) is 8.93. The van der Waals surface area contributed by atoms with Crippen LogP contribution < -0.4 is 0 Å². The molecular formula is C20H15FN4O2S. The summed E-state index contributed by atoms with van der Waals surface area (Å²) in [6.07, 6.45) is 1.94. The molecule has 0 spiro atoms. The van der Waals surface area contributed by atoms with E-state index in [-0.39, 0.29) is 29.6 Å². The number of aromatic nitrogens is 3. The lowest BCUT2D eigenvalue weighted by atomic mass is 10.1. The lowest BCUT2D eigenvalue weighted by molar-refractivity contribution is 0.0684. The van der Waals surface area contributed by atoms with Crippen molar-refractivity contribution in [3.63, 3.8) is 0 Å². The molecule has 5 rings (SSSR count). The van der Waals surface area contributed by atoms with Crippen LogP contribution in [-0.2, 0) is 0 Å². The Bertz CT molecular complexity index is 1070. The number of imide groups is 1. The first-order chi connectivity index (χ1) is 13.6. The second kappa shape index (κ2) is 6.56. The van der Waals surface area contributed by atoms with Crippen LogP contribution in [0.2, 0.25) is 0 Å². The van der Waals surface area contributed by atoms with Gasteiger partial charge in [0.25, 0.3) is 11.8 Å². The van der Waals surface area contributed by atoms with Crippen LogP contribution >= 0.6 is 11.8 Å². The monoisotopic (exact) mass is 394 g/mol. The number of hydrogen-bond donors (Lipinski definition) is 0. The summed E-state index contributed by atoms with van der Waals surface area (Å²) in [5.74, 6) is -0.354. The summed E-state index contributed by atoms with van der Waals surface area (Å²) < 4.78 is 16.2. The lowest BCUT2D eigenvalue weighted by Gasteiger charge is -2.14. The van der Waals surface area contributed by atoms with Crippen molar-refractivity contribution >= 4 is 23.6 Å². The zero-order valence-electron chi connectivity index (χ0n) is 14.7. The fourth-order valence-electron chi connectivity index (χ4n) is 3.34. The molecule has 0 unspecified atom stereocenters. The van der Waals surface area contributed by atoms with Gasteiger partial charge in [-0.15, -0.1) is 10.2 Å². The fraction of sp³-hybridized carbons (Fsp3) is 0.200. The molecule has 0 radical (unpaired) electrons. The average molecular weight is 394 g/mol. The second-order valence-electron chi connectivity index (χ2n) is 6.74. The van der Waals surface area contributed by atoms with Crippen molar-refractivity contribution in [1.29, 1.82) is 0 Å². The Hall–Kier alpha value is -3.00. The maximum Gasteiger partial charge on any atom is 0.262 e. The van der Waals surface area contributed by atoms with Gasteiger partial charge in [0.05, 0.1) is 22.6 Å². The molecule has 6 nitrogen and oxygen atoms in total. The summed E-state index contributed by atoms with van der Waals surface area (Å²) in [4.78, 5) is 26.3. The SMILES string of the molecule is O=C1c2ccccc2C(=O)N1CSc1nnc(-c2ccccc2F)n1C1CC1. The van der Waals surface area contributed by atoms with Gasteiger partial charge in [-0.3, -0.25) is 19.1 Å². The molecule has 2 heterocycles. The number of rotatable bonds is 5. The molecule has 2 amide bonds. The quantitative estimate of drug-likeness (QED) is 0.487. The highest BCUT2D eigenvalue weighted by Crippen LogP contribution is 2.41. The molecule has 0 saturated heterocycles. The van der Waals surface area contributed by atoms with Gasteiger partial charge in [-0.25, -0.2) is 4.39 Å². The van der Waals surface area contributed by atoms with Gasteiger partial charge in [-0.05, 0) is 37.1 Å². The summed E-state index contributed by atoms with van der Waals surface area (Å²) in [6.45, 7) is 0. The van der Waals surface area contributed by atoms with Crippen molar-refractivity contribution in [2.75, 3.05) is 5.88 Å². The van der Waals surface area contributed by atoms with E-state index in [1.54, 1.807) is 42.5 Å². The number of carbonyl (C=O) groups is 2. The number of carbonyl (C=O) groups excluding carboxylic acids is 2. The van der Waals surface area contributed by atoms with Crippen LogP contribution in [0.1, 0.15) is 39.6 Å². The minimum absolute atomic E-state index is 0.133. The molecule has 1 aliphatic heterocycles. The number of hydrogen-bond acceptors (Lipinski definition) is 5. The molecule has 8 heteroatoms. The minimum atomic E-state index is -0.353. The largest absolute Gasteiger partial charge is 0.299 e. The smallest absolute Gasteiger partial charge is 0.262 e. The molecular weight excluding hydrogens is 379 g/mol. The van der Waals surface area contributed by atoms with Crippen molar-refractivity contribution in [2.45, 2.75) is 24.0 Å². The summed E-state index contributed by atoms with van der Waals surface area (Å²) in [5, 5.41) is 8.99. The second-order valence-corrected chi connectivity index (χ2v) is 7.66. The lowest BCUT2D eigenvalue weighted by Crippen LogP contribution is -2.29. The minimum Gasteiger partial charge on any atom is -0.299 e. The first-order valence-corrected chi connectivity index (χ1v) is 9.91. The van der Waals surface area contributed by atoms with E-state index in [0.29, 0.717) is 27.7 Å². The number of benzene rings is 2. The predicted molar refractivity (Wildman–Crippen MR) is 101 cm³/mol. The van der Waals surface area contributed by atoms with Gasteiger partial charge in [0.1, 0.15) is 5.82 Å². The highest BCUT2D eigenvalue weighted by Gasteiger charge is 2.36. The van der Waals surface area contributed by atoms with Crippen LogP contribution in [0.5, 0.6) is 0 Å². The van der Waals surface area contributed by atoms with Gasteiger partial charge >= 0.3 is 0 Å². The van der Waals surface area contributed by atoms with E-state index in [1.165, 1.54) is 22.7 Å². The van der Waals surface area contributed by atoms with Crippen molar-refractivity contribution in [3.05, 3.63) is 65.5 Å². The van der Waals surface area contributed by atoms with Crippen molar-refractivity contribution in [1.82, 2.24) is 19.7 Å². The van der Waals surface area contributed by atoms with Gasteiger partial charge in [0.2, 0.25) is 0 Å². The summed E-state index contributed by atoms with van der Waals surface area (Å²) in [7, 11) is 0. The third-order valence-corrected chi connectivity index (χ3v) is 5.82. The van der Waals surface area contributed by atoms with Gasteiger partial charge in [0, 0.05) is 6.04 Å². The molecule has 140 valence electrons. The maximum absolute atomic E-state index is 14.2. The topological polar surface area (TPSA) is 68.1 Å². The standard InChI is InChI=1S/C20H15FN4O2S/c21-16-8-4-3-7-15(16)17-22-23-20(25(17)12-9-10-12)28-11-24-18(26)13-5-1-2-6-14(13)19(24)27/h1-8,12H,9-11H2. The Balaban J connectivity index is 1.42. The molecule has 3 aromatic rings. The zero-order chi connectivity index (χ0) is 19.3. The van der Waals surface area contributed by atoms with E-state index in [9.17, 15) is 14.0 Å². The van der Waals surface area contributed by atoms with Gasteiger partial charge in [-0.1, -0.05) is 36.0 Å². The number of nitrogens with zero attached hydrogens (tertiary/aromatic N) is 4. The van der Waals surface area contributed by atoms with E-state index < -0.39 is 0 Å². The van der Waals surface area contributed by atoms with Gasteiger partial charge in [0.15, 0.2) is 11.0 Å². The third-order valence-electron chi connectivity index (χ3n) is 4.89. The molecule has 28 heavy (non-hydrogen) atoms. The number of fused-ring (bicyclic) bond motifs is 1. The number of halogens is 1. The molecule has 1 fully saturated rings. The summed E-state index contributed by atoms with van der Waals surface area (Å²) in [6, 6.07) is 13.5. The highest BCUT2D eigenvalue weighted by molar-refractivity contribution is 7.99.